The first-order valence-electron chi connectivity index (χ1n) is 8.99. The number of benzene rings is 1. The Hall–Kier alpha value is -3.36. The third kappa shape index (κ3) is 4.67. The van der Waals surface area contributed by atoms with Gasteiger partial charge in [-0.25, -0.2) is 4.79 Å². The number of hydrogen-bond donors (Lipinski definition) is 3. The summed E-state index contributed by atoms with van der Waals surface area (Å²) >= 11 is 0. The molecular weight excluding hydrogens is 362 g/mol. The molecule has 0 aliphatic carbocycles. The molecule has 4 N–H and O–H groups in total. The van der Waals surface area contributed by atoms with Crippen molar-refractivity contribution in [2.45, 2.75) is 33.2 Å². The van der Waals surface area contributed by atoms with Crippen LogP contribution >= 0.6 is 0 Å². The summed E-state index contributed by atoms with van der Waals surface area (Å²) in [4.78, 5) is 52.0. The zero-order valence-electron chi connectivity index (χ0n) is 16.2. The summed E-state index contributed by atoms with van der Waals surface area (Å²) in [5.41, 5.74) is 5.64. The number of nitrogens with two attached hydrogens (primary N) is 1. The number of anilines is 3. The third-order valence-electron chi connectivity index (χ3n) is 4.29. The monoisotopic (exact) mass is 387 g/mol. The van der Waals surface area contributed by atoms with Gasteiger partial charge in [0.15, 0.2) is 5.78 Å². The SMILES string of the molecule is CCCCn1c(N)c(N(C)CC(=O)Nc2ccccc2C(C)=O)c(=O)[nH]c1=O. The first-order valence-corrected chi connectivity index (χ1v) is 8.99. The van der Waals surface area contributed by atoms with E-state index < -0.39 is 17.2 Å². The maximum Gasteiger partial charge on any atom is 0.330 e. The van der Waals surface area contributed by atoms with Crippen molar-refractivity contribution in [2.24, 2.45) is 0 Å². The van der Waals surface area contributed by atoms with E-state index in [4.69, 9.17) is 5.73 Å². The molecule has 1 amide bonds. The van der Waals surface area contributed by atoms with Crippen LogP contribution in [0.4, 0.5) is 17.2 Å². The van der Waals surface area contributed by atoms with Crippen LogP contribution in [0.2, 0.25) is 0 Å². The molecular formula is C19H25N5O4. The normalized spacial score (nSPS) is 10.5. The lowest BCUT2D eigenvalue weighted by Gasteiger charge is -2.21. The highest BCUT2D eigenvalue weighted by Gasteiger charge is 2.19. The Morgan fingerprint density at radius 2 is 1.93 bits per heavy atom. The minimum Gasteiger partial charge on any atom is -0.383 e. The van der Waals surface area contributed by atoms with Gasteiger partial charge in [0.2, 0.25) is 5.91 Å². The number of amides is 1. The Labute approximate surface area is 162 Å². The number of carbonyl (C=O) groups excluding carboxylic acids is 2. The number of unbranched alkanes of at least 4 members (excludes halogenated alkanes) is 1. The van der Waals surface area contributed by atoms with Crippen LogP contribution in [0, 0.1) is 0 Å². The molecule has 0 spiro atoms. The van der Waals surface area contributed by atoms with Crippen LogP contribution in [0.1, 0.15) is 37.0 Å². The van der Waals surface area contributed by atoms with Gasteiger partial charge in [0, 0.05) is 19.2 Å². The van der Waals surface area contributed by atoms with Crippen LogP contribution in [0.15, 0.2) is 33.9 Å². The van der Waals surface area contributed by atoms with Gasteiger partial charge in [-0.2, -0.15) is 0 Å². The highest BCUT2D eigenvalue weighted by atomic mass is 16.2. The molecule has 1 heterocycles. The molecule has 1 aromatic heterocycles. The average Bonchev–Trinajstić information content (AvgIpc) is 2.61. The van der Waals surface area contributed by atoms with E-state index in [0.29, 0.717) is 17.8 Å². The van der Waals surface area contributed by atoms with Gasteiger partial charge in [0.1, 0.15) is 11.5 Å². The summed E-state index contributed by atoms with van der Waals surface area (Å²) in [6.07, 6.45) is 1.58. The molecule has 0 saturated heterocycles. The van der Waals surface area contributed by atoms with Crippen molar-refractivity contribution in [3.8, 4) is 0 Å². The number of nitrogens with zero attached hydrogens (tertiary/aromatic N) is 2. The average molecular weight is 387 g/mol. The minimum absolute atomic E-state index is 0.0154. The summed E-state index contributed by atoms with van der Waals surface area (Å²) in [7, 11) is 1.53. The van der Waals surface area contributed by atoms with E-state index in [1.807, 2.05) is 6.92 Å². The van der Waals surface area contributed by atoms with Crippen molar-refractivity contribution in [2.75, 3.05) is 29.5 Å². The Bertz CT molecular complexity index is 993. The number of aromatic nitrogens is 2. The van der Waals surface area contributed by atoms with Gasteiger partial charge in [-0.3, -0.25) is 23.9 Å². The molecule has 0 saturated carbocycles. The smallest absolute Gasteiger partial charge is 0.330 e. The van der Waals surface area contributed by atoms with Crippen LogP contribution < -0.4 is 27.2 Å². The second kappa shape index (κ2) is 9.03. The minimum atomic E-state index is -0.658. The number of likely N-dealkylation sites (N-methyl/N-ethyl adjacent to an activating group) is 1. The summed E-state index contributed by atoms with van der Waals surface area (Å²) in [5.74, 6) is -0.587. The number of H-pyrrole nitrogens is 1. The van der Waals surface area contributed by atoms with Gasteiger partial charge in [-0.1, -0.05) is 25.5 Å². The van der Waals surface area contributed by atoms with Crippen molar-refractivity contribution in [3.63, 3.8) is 0 Å². The number of para-hydroxylation sites is 1. The van der Waals surface area contributed by atoms with Crippen molar-refractivity contribution >= 4 is 28.9 Å². The Balaban J connectivity index is 2.24. The Morgan fingerprint density at radius 1 is 1.25 bits per heavy atom. The summed E-state index contributed by atoms with van der Waals surface area (Å²) in [6.45, 7) is 3.57. The maximum absolute atomic E-state index is 12.4. The topological polar surface area (TPSA) is 130 Å². The maximum atomic E-state index is 12.4. The van der Waals surface area contributed by atoms with E-state index in [-0.39, 0.29) is 23.8 Å². The molecule has 1 aromatic carbocycles. The zero-order chi connectivity index (χ0) is 20.8. The Morgan fingerprint density at radius 3 is 2.57 bits per heavy atom. The number of aromatic amines is 1. The molecule has 0 aliphatic rings. The van der Waals surface area contributed by atoms with Gasteiger partial charge in [0.05, 0.1) is 12.2 Å². The van der Waals surface area contributed by atoms with Crippen molar-refractivity contribution in [1.29, 1.82) is 0 Å². The van der Waals surface area contributed by atoms with Gasteiger partial charge in [0.25, 0.3) is 5.56 Å². The lowest BCUT2D eigenvalue weighted by atomic mass is 10.1. The molecule has 0 radical (unpaired) electrons. The van der Waals surface area contributed by atoms with E-state index >= 15 is 0 Å². The largest absolute Gasteiger partial charge is 0.383 e. The van der Waals surface area contributed by atoms with Gasteiger partial charge < -0.3 is 16.0 Å². The predicted octanol–water partition coefficient (Wildman–Crippen LogP) is 1.20. The molecule has 9 nitrogen and oxygen atoms in total. The van der Waals surface area contributed by atoms with E-state index in [1.54, 1.807) is 24.3 Å². The number of nitrogens with one attached hydrogen (secondary N) is 2. The first-order chi connectivity index (χ1) is 13.3. The van der Waals surface area contributed by atoms with Crippen molar-refractivity contribution < 1.29 is 9.59 Å². The van der Waals surface area contributed by atoms with Gasteiger partial charge in [-0.15, -0.1) is 0 Å². The predicted molar refractivity (Wildman–Crippen MR) is 109 cm³/mol. The van der Waals surface area contributed by atoms with Gasteiger partial charge in [-0.05, 0) is 25.5 Å². The van der Waals surface area contributed by atoms with Crippen molar-refractivity contribution in [1.82, 2.24) is 9.55 Å². The van der Waals surface area contributed by atoms with Crippen LogP contribution in [0.25, 0.3) is 0 Å². The zero-order valence-corrected chi connectivity index (χ0v) is 16.2. The highest BCUT2D eigenvalue weighted by molar-refractivity contribution is 6.04. The van der Waals surface area contributed by atoms with Gasteiger partial charge >= 0.3 is 5.69 Å². The van der Waals surface area contributed by atoms with Crippen LogP contribution in [0.5, 0.6) is 0 Å². The highest BCUT2D eigenvalue weighted by Crippen LogP contribution is 2.17. The fourth-order valence-electron chi connectivity index (χ4n) is 2.87. The van der Waals surface area contributed by atoms with Crippen molar-refractivity contribution in [3.05, 3.63) is 50.7 Å². The lowest BCUT2D eigenvalue weighted by Crippen LogP contribution is -2.39. The number of ketones is 1. The van der Waals surface area contributed by atoms with Crippen LogP contribution in [-0.4, -0.2) is 34.8 Å². The molecule has 0 bridgehead atoms. The summed E-state index contributed by atoms with van der Waals surface area (Å²) < 4.78 is 1.29. The number of carbonyl (C=O) groups is 2. The molecule has 0 unspecified atom stereocenters. The molecule has 9 heteroatoms. The second-order valence-corrected chi connectivity index (χ2v) is 6.50. The first kappa shape index (κ1) is 20.9. The Kier molecular flexibility index (Phi) is 6.75. The molecule has 150 valence electrons. The van der Waals surface area contributed by atoms with E-state index in [2.05, 4.69) is 10.3 Å². The van der Waals surface area contributed by atoms with Crippen LogP contribution in [0.3, 0.4) is 0 Å². The molecule has 2 aromatic rings. The van der Waals surface area contributed by atoms with E-state index in [9.17, 15) is 19.2 Å². The molecule has 28 heavy (non-hydrogen) atoms. The number of nitrogen functional groups attached to an aromatic ring is 1. The fraction of sp³-hybridized carbons (Fsp3) is 0.368. The summed E-state index contributed by atoms with van der Waals surface area (Å²) in [5, 5.41) is 2.67. The number of Topliss-reactive ketones (excluding diaryl/α,β-unsaturated/α-hetero) is 1. The quantitative estimate of drug-likeness (QED) is 0.584. The molecule has 0 fully saturated rings. The molecule has 0 aliphatic heterocycles. The number of rotatable bonds is 8. The standard InChI is InChI=1S/C19H25N5O4/c1-4-5-10-24-17(20)16(18(27)22-19(24)28)23(3)11-15(26)21-14-9-7-6-8-13(14)12(2)25/h6-9H,4-5,10-11,20H2,1-3H3,(H,21,26)(H,22,27,28). The lowest BCUT2D eigenvalue weighted by molar-refractivity contribution is -0.114. The van der Waals surface area contributed by atoms with E-state index in [1.165, 1.54) is 23.4 Å². The second-order valence-electron chi connectivity index (χ2n) is 6.50. The van der Waals surface area contributed by atoms with Crippen LogP contribution in [-0.2, 0) is 11.3 Å². The van der Waals surface area contributed by atoms with E-state index in [0.717, 1.165) is 12.8 Å². The molecule has 0 atom stereocenters. The third-order valence-corrected chi connectivity index (χ3v) is 4.29. The molecule has 2 rings (SSSR count). The fourth-order valence-corrected chi connectivity index (χ4v) is 2.87. The number of hydrogen-bond acceptors (Lipinski definition) is 6. The summed E-state index contributed by atoms with van der Waals surface area (Å²) in [6, 6.07) is 6.66.